The Kier molecular flexibility index (Phi) is 7.93. The van der Waals surface area contributed by atoms with Crippen LogP contribution in [0.5, 0.6) is 5.75 Å². The summed E-state index contributed by atoms with van der Waals surface area (Å²) in [4.78, 5) is 25.0. The molecule has 188 valence electrons. The van der Waals surface area contributed by atoms with Crippen LogP contribution in [0.1, 0.15) is 15.9 Å². The van der Waals surface area contributed by atoms with Crippen LogP contribution in [0.2, 0.25) is 0 Å². The quantitative estimate of drug-likeness (QED) is 0.244. The van der Waals surface area contributed by atoms with Gasteiger partial charge in [-0.1, -0.05) is 48.5 Å². The molecule has 0 radical (unpaired) electrons. The lowest BCUT2D eigenvalue weighted by atomic mass is 10.1. The molecule has 4 aromatic carbocycles. The fraction of sp³-hybridized carbons (Fsp3) is 0.0714. The molecule has 9 heteroatoms. The van der Waals surface area contributed by atoms with Crippen LogP contribution < -0.4 is 15.4 Å². The lowest BCUT2D eigenvalue weighted by molar-refractivity contribution is -0.137. The summed E-state index contributed by atoms with van der Waals surface area (Å²) in [6.07, 6.45) is -4.52. The molecule has 2 N–H and O–H groups in total. The van der Waals surface area contributed by atoms with Crippen LogP contribution in [0, 0.1) is 0 Å². The van der Waals surface area contributed by atoms with E-state index in [0.717, 1.165) is 23.3 Å². The third kappa shape index (κ3) is 6.98. The van der Waals surface area contributed by atoms with Crippen LogP contribution in [0.4, 0.5) is 24.5 Å². The van der Waals surface area contributed by atoms with Gasteiger partial charge in [0, 0.05) is 16.9 Å². The summed E-state index contributed by atoms with van der Waals surface area (Å²) in [6.45, 7) is -0.274. The Morgan fingerprint density at radius 2 is 1.46 bits per heavy atom. The smallest absolute Gasteiger partial charge is 0.416 e. The van der Waals surface area contributed by atoms with E-state index in [0.29, 0.717) is 15.9 Å². The van der Waals surface area contributed by atoms with Gasteiger partial charge < -0.3 is 15.4 Å². The average Bonchev–Trinajstić information content (AvgIpc) is 2.88. The van der Waals surface area contributed by atoms with Gasteiger partial charge in [-0.2, -0.15) is 13.2 Å². The zero-order valence-corrected chi connectivity index (χ0v) is 20.8. The van der Waals surface area contributed by atoms with Crippen LogP contribution in [-0.4, -0.2) is 18.4 Å². The van der Waals surface area contributed by atoms with E-state index in [1.54, 1.807) is 18.2 Å². The highest BCUT2D eigenvalue weighted by Crippen LogP contribution is 2.32. The molecule has 0 aliphatic rings. The predicted molar refractivity (Wildman–Crippen MR) is 140 cm³/mol. The fourth-order valence-electron chi connectivity index (χ4n) is 3.48. The Morgan fingerprint density at radius 1 is 0.757 bits per heavy atom. The number of nitrogens with one attached hydrogen (secondary N) is 2. The standard InChI is InChI=1S/C28H20BrF3N2O3/c29-24-15-19(18-6-2-1-3-7-18)12-13-25(24)37-17-26(35)33-22-10-4-8-20(14-22)27(36)34-23-11-5-9-21(16-23)28(30,31)32/h1-16H,17H2,(H,33,35)(H,34,36). The van der Waals surface area contributed by atoms with E-state index in [1.165, 1.54) is 24.3 Å². The molecular formula is C28H20BrF3N2O3. The molecule has 4 rings (SSSR count). The van der Waals surface area contributed by atoms with Crippen LogP contribution in [-0.2, 0) is 11.0 Å². The number of alkyl halides is 3. The van der Waals surface area contributed by atoms with Crippen LogP contribution in [0.15, 0.2) is 102 Å². The molecule has 0 spiro atoms. The minimum absolute atomic E-state index is 0.00604. The van der Waals surface area contributed by atoms with E-state index in [9.17, 15) is 22.8 Å². The van der Waals surface area contributed by atoms with Gasteiger partial charge in [0.1, 0.15) is 5.75 Å². The average molecular weight is 569 g/mol. The number of amides is 2. The van der Waals surface area contributed by atoms with E-state index in [2.05, 4.69) is 26.6 Å². The first-order valence-corrected chi connectivity index (χ1v) is 11.8. The van der Waals surface area contributed by atoms with Crippen molar-refractivity contribution in [3.05, 3.63) is 113 Å². The Bertz CT molecular complexity index is 1430. The van der Waals surface area contributed by atoms with E-state index in [-0.39, 0.29) is 17.9 Å². The van der Waals surface area contributed by atoms with Gasteiger partial charge in [-0.25, -0.2) is 0 Å². The normalized spacial score (nSPS) is 11.0. The van der Waals surface area contributed by atoms with Gasteiger partial charge in [-0.3, -0.25) is 9.59 Å². The number of benzene rings is 4. The van der Waals surface area contributed by atoms with Gasteiger partial charge in [0.05, 0.1) is 10.0 Å². The highest BCUT2D eigenvalue weighted by Gasteiger charge is 2.30. The first-order chi connectivity index (χ1) is 17.7. The van der Waals surface area contributed by atoms with Crippen molar-refractivity contribution in [2.75, 3.05) is 17.2 Å². The lowest BCUT2D eigenvalue weighted by Gasteiger charge is -2.12. The van der Waals surface area contributed by atoms with Gasteiger partial charge in [-0.05, 0) is 75.6 Å². The van der Waals surface area contributed by atoms with Crippen molar-refractivity contribution in [1.82, 2.24) is 0 Å². The number of halogens is 4. The van der Waals surface area contributed by atoms with Crippen molar-refractivity contribution < 1.29 is 27.5 Å². The third-order valence-electron chi connectivity index (χ3n) is 5.25. The number of carbonyl (C=O) groups is 2. The molecule has 0 atom stereocenters. The maximum absolute atomic E-state index is 12.9. The Labute approximate surface area is 219 Å². The summed E-state index contributed by atoms with van der Waals surface area (Å²) in [5.41, 5.74) is 1.67. The second-order valence-electron chi connectivity index (χ2n) is 7.96. The summed E-state index contributed by atoms with van der Waals surface area (Å²) in [5.74, 6) is -0.576. The molecule has 0 bridgehead atoms. The number of carbonyl (C=O) groups excluding carboxylic acids is 2. The molecule has 0 saturated carbocycles. The summed E-state index contributed by atoms with van der Waals surface area (Å²) < 4.78 is 45.1. The molecular weight excluding hydrogens is 549 g/mol. The minimum atomic E-state index is -4.52. The fourth-order valence-corrected chi connectivity index (χ4v) is 3.98. The molecule has 4 aromatic rings. The highest BCUT2D eigenvalue weighted by atomic mass is 79.9. The molecule has 2 amide bonds. The number of anilines is 2. The van der Waals surface area contributed by atoms with E-state index >= 15 is 0 Å². The van der Waals surface area contributed by atoms with E-state index in [4.69, 9.17) is 4.74 Å². The number of hydrogen-bond acceptors (Lipinski definition) is 3. The summed E-state index contributed by atoms with van der Waals surface area (Å²) in [5, 5.41) is 5.09. The Morgan fingerprint density at radius 3 is 2.16 bits per heavy atom. The van der Waals surface area contributed by atoms with Crippen molar-refractivity contribution in [3.8, 4) is 16.9 Å². The monoisotopic (exact) mass is 568 g/mol. The Hall–Kier alpha value is -4.11. The van der Waals surface area contributed by atoms with Gasteiger partial charge in [0.15, 0.2) is 6.61 Å². The topological polar surface area (TPSA) is 67.4 Å². The molecule has 0 fully saturated rings. The molecule has 5 nitrogen and oxygen atoms in total. The van der Waals surface area contributed by atoms with Gasteiger partial charge in [0.2, 0.25) is 0 Å². The number of ether oxygens (including phenoxy) is 1. The maximum atomic E-state index is 12.9. The van der Waals surface area contributed by atoms with Crippen molar-refractivity contribution in [2.45, 2.75) is 6.18 Å². The second-order valence-corrected chi connectivity index (χ2v) is 8.82. The first-order valence-electron chi connectivity index (χ1n) is 11.1. The van der Waals surface area contributed by atoms with Crippen molar-refractivity contribution in [3.63, 3.8) is 0 Å². The molecule has 0 aromatic heterocycles. The molecule has 37 heavy (non-hydrogen) atoms. The minimum Gasteiger partial charge on any atom is -0.483 e. The molecule has 0 heterocycles. The predicted octanol–water partition coefficient (Wildman–Crippen LogP) is 7.40. The first kappa shape index (κ1) is 26.0. The Balaban J connectivity index is 1.35. The second kappa shape index (κ2) is 11.3. The van der Waals surface area contributed by atoms with Crippen LogP contribution in [0.25, 0.3) is 11.1 Å². The largest absolute Gasteiger partial charge is 0.483 e. The summed E-state index contributed by atoms with van der Waals surface area (Å²) >= 11 is 3.47. The zero-order valence-electron chi connectivity index (χ0n) is 19.2. The number of hydrogen-bond donors (Lipinski definition) is 2. The zero-order chi connectivity index (χ0) is 26.4. The summed E-state index contributed by atoms with van der Waals surface area (Å²) in [7, 11) is 0. The van der Waals surface area contributed by atoms with Crippen LogP contribution in [0.3, 0.4) is 0 Å². The van der Waals surface area contributed by atoms with Crippen molar-refractivity contribution in [1.29, 1.82) is 0 Å². The van der Waals surface area contributed by atoms with E-state index < -0.39 is 23.6 Å². The SMILES string of the molecule is O=C(COc1ccc(-c2ccccc2)cc1Br)Nc1cccc(C(=O)Nc2cccc(C(F)(F)F)c2)c1. The lowest BCUT2D eigenvalue weighted by Crippen LogP contribution is -2.20. The molecule has 0 aliphatic heterocycles. The van der Waals surface area contributed by atoms with Crippen molar-refractivity contribution in [2.24, 2.45) is 0 Å². The van der Waals surface area contributed by atoms with Crippen LogP contribution >= 0.6 is 15.9 Å². The van der Waals surface area contributed by atoms with E-state index in [1.807, 2.05) is 42.5 Å². The third-order valence-corrected chi connectivity index (χ3v) is 5.87. The van der Waals surface area contributed by atoms with Crippen molar-refractivity contribution >= 4 is 39.1 Å². The van der Waals surface area contributed by atoms with Gasteiger partial charge in [0.25, 0.3) is 11.8 Å². The highest BCUT2D eigenvalue weighted by molar-refractivity contribution is 9.10. The summed E-state index contributed by atoms with van der Waals surface area (Å²) in [6, 6.07) is 25.8. The molecule has 0 saturated heterocycles. The van der Waals surface area contributed by atoms with Gasteiger partial charge in [-0.15, -0.1) is 0 Å². The number of rotatable bonds is 7. The molecule has 0 aliphatic carbocycles. The maximum Gasteiger partial charge on any atom is 0.416 e. The van der Waals surface area contributed by atoms with Gasteiger partial charge >= 0.3 is 6.18 Å². The molecule has 0 unspecified atom stereocenters.